The Morgan fingerprint density at radius 3 is 1.78 bits per heavy atom. The second-order valence-electron chi connectivity index (χ2n) is 6.17. The number of unbranched alkanes of at least 4 members (excludes halogenated alkanes) is 5. The van der Waals surface area contributed by atoms with Crippen LogP contribution in [0.1, 0.15) is 51.0 Å². The normalized spacial score (nSPS) is 10.7. The van der Waals surface area contributed by atoms with E-state index in [9.17, 15) is 0 Å². The highest BCUT2D eigenvalue weighted by Gasteiger charge is 2.00. The highest BCUT2D eigenvalue weighted by atomic mass is 31.1. The quantitative estimate of drug-likeness (QED) is 0.363. The summed E-state index contributed by atoms with van der Waals surface area (Å²) in [6.07, 6.45) is 9.39. The van der Waals surface area contributed by atoms with Gasteiger partial charge in [0.25, 0.3) is 0 Å². The molecular weight excluding hydrogens is 316 g/mol. The first-order valence-electron chi connectivity index (χ1n) is 8.69. The van der Waals surface area contributed by atoms with Crippen LogP contribution in [0.5, 0.6) is 0 Å². The summed E-state index contributed by atoms with van der Waals surface area (Å²) in [5.74, 6) is 0. The fourth-order valence-electron chi connectivity index (χ4n) is 2.80. The topological polar surface area (TPSA) is 3.24 Å². The van der Waals surface area contributed by atoms with Crippen molar-refractivity contribution in [2.24, 2.45) is 0 Å². The van der Waals surface area contributed by atoms with Crippen molar-refractivity contribution >= 4 is 24.5 Å². The predicted molar refractivity (Wildman–Crippen MR) is 111 cm³/mol. The Hall–Kier alpha value is -0.900. The van der Waals surface area contributed by atoms with Crippen LogP contribution >= 0.6 is 18.8 Å². The molecule has 0 saturated carbocycles. The number of aryl methyl sites for hydroxylation is 1. The van der Waals surface area contributed by atoms with Crippen molar-refractivity contribution in [2.45, 2.75) is 51.9 Å². The van der Waals surface area contributed by atoms with Crippen LogP contribution in [0, 0.1) is 0 Å². The van der Waals surface area contributed by atoms with E-state index in [1.54, 1.807) is 0 Å². The van der Waals surface area contributed by atoms with Crippen molar-refractivity contribution < 1.29 is 0 Å². The molecular formula is C20H29NP2. The molecule has 2 aromatic rings. The molecule has 2 aromatic carbocycles. The number of anilines is 1. The molecule has 0 aliphatic heterocycles. The van der Waals surface area contributed by atoms with E-state index in [4.69, 9.17) is 0 Å². The molecule has 0 aliphatic rings. The first-order valence-corrected chi connectivity index (χ1v) is 9.73. The number of nitrogens with zero attached hydrogens (tertiary/aromatic N) is 1. The molecule has 23 heavy (non-hydrogen) atoms. The summed E-state index contributed by atoms with van der Waals surface area (Å²) < 4.78 is 1.97. The van der Waals surface area contributed by atoms with Gasteiger partial charge in [0.15, 0.2) is 0 Å². The molecule has 0 N–H and O–H groups in total. The largest absolute Gasteiger partial charge is 0.341 e. The van der Waals surface area contributed by atoms with Crippen LogP contribution in [-0.2, 0) is 6.42 Å². The van der Waals surface area contributed by atoms with Gasteiger partial charge in [0, 0.05) is 5.69 Å². The van der Waals surface area contributed by atoms with E-state index in [0.717, 1.165) is 0 Å². The summed E-state index contributed by atoms with van der Waals surface area (Å²) in [4.78, 5) is 0. The monoisotopic (exact) mass is 345 g/mol. The second-order valence-corrected chi connectivity index (χ2v) is 7.88. The van der Waals surface area contributed by atoms with Crippen LogP contribution in [0.4, 0.5) is 5.69 Å². The molecule has 0 heterocycles. The van der Waals surface area contributed by atoms with Crippen LogP contribution < -0.4 is 4.44 Å². The SMILES string of the molecule is CCCCCCCCc1ccc(-c2ccc(N(P)P)cc2)cc1. The van der Waals surface area contributed by atoms with Crippen LogP contribution in [-0.4, -0.2) is 0 Å². The minimum Gasteiger partial charge on any atom is -0.341 e. The van der Waals surface area contributed by atoms with E-state index in [2.05, 4.69) is 74.2 Å². The van der Waals surface area contributed by atoms with Gasteiger partial charge < -0.3 is 4.44 Å². The van der Waals surface area contributed by atoms with Gasteiger partial charge in [-0.3, -0.25) is 0 Å². The maximum atomic E-state index is 2.65. The molecule has 0 aromatic heterocycles. The Bertz CT molecular complexity index is 561. The molecule has 1 nitrogen and oxygen atoms in total. The standard InChI is InChI=1S/C20H29NP2/c1-2-3-4-5-6-7-8-17-9-11-18(12-10-17)19-13-15-20(16-14-19)21(22)23/h9-16H,2-8,22-23H2,1H3. The molecule has 0 radical (unpaired) electrons. The van der Waals surface area contributed by atoms with E-state index >= 15 is 0 Å². The molecule has 124 valence electrons. The van der Waals surface area contributed by atoms with Gasteiger partial charge in [0.05, 0.1) is 0 Å². The van der Waals surface area contributed by atoms with Gasteiger partial charge in [-0.1, -0.05) is 75.4 Å². The molecule has 0 bridgehead atoms. The highest BCUT2D eigenvalue weighted by Crippen LogP contribution is 2.27. The van der Waals surface area contributed by atoms with Gasteiger partial charge in [-0.15, -0.1) is 0 Å². The smallest absolute Gasteiger partial charge is 0.0423 e. The first-order chi connectivity index (χ1) is 11.2. The maximum absolute atomic E-state index is 2.65. The third-order valence-electron chi connectivity index (χ3n) is 4.27. The minimum absolute atomic E-state index is 1.17. The lowest BCUT2D eigenvalue weighted by Gasteiger charge is -2.12. The number of hydrogen-bond donors (Lipinski definition) is 0. The van der Waals surface area contributed by atoms with Crippen molar-refractivity contribution in [3.8, 4) is 11.1 Å². The highest BCUT2D eigenvalue weighted by molar-refractivity contribution is 7.39. The summed E-state index contributed by atoms with van der Waals surface area (Å²) in [5, 5.41) is 0. The molecule has 0 amide bonds. The zero-order valence-electron chi connectivity index (χ0n) is 14.2. The molecule has 3 heteroatoms. The van der Waals surface area contributed by atoms with Gasteiger partial charge in [-0.2, -0.15) is 0 Å². The molecule has 2 unspecified atom stereocenters. The zero-order chi connectivity index (χ0) is 16.5. The predicted octanol–water partition coefficient (Wildman–Crippen LogP) is 6.64. The van der Waals surface area contributed by atoms with Gasteiger partial charge in [-0.25, -0.2) is 0 Å². The van der Waals surface area contributed by atoms with Crippen molar-refractivity contribution in [2.75, 3.05) is 4.44 Å². The van der Waals surface area contributed by atoms with Crippen LogP contribution in [0.25, 0.3) is 11.1 Å². The van der Waals surface area contributed by atoms with Gasteiger partial charge in [0.2, 0.25) is 0 Å². The van der Waals surface area contributed by atoms with E-state index < -0.39 is 0 Å². The zero-order valence-corrected chi connectivity index (χ0v) is 16.5. The lowest BCUT2D eigenvalue weighted by Crippen LogP contribution is -1.89. The Kier molecular flexibility index (Phi) is 8.07. The van der Waals surface area contributed by atoms with Crippen LogP contribution in [0.2, 0.25) is 0 Å². The molecule has 0 spiro atoms. The molecule has 0 aliphatic carbocycles. The number of hydrogen-bond acceptors (Lipinski definition) is 1. The number of rotatable bonds is 9. The summed E-state index contributed by atoms with van der Waals surface area (Å²) in [6.45, 7) is 2.27. The van der Waals surface area contributed by atoms with Gasteiger partial charge >= 0.3 is 0 Å². The Morgan fingerprint density at radius 2 is 1.22 bits per heavy atom. The molecule has 0 fully saturated rings. The summed E-state index contributed by atoms with van der Waals surface area (Å²) in [7, 11) is 5.30. The van der Waals surface area contributed by atoms with Crippen molar-refractivity contribution in [1.82, 2.24) is 0 Å². The third-order valence-corrected chi connectivity index (χ3v) is 4.87. The average molecular weight is 345 g/mol. The number of benzene rings is 2. The van der Waals surface area contributed by atoms with Gasteiger partial charge in [-0.05, 0) is 60.4 Å². The van der Waals surface area contributed by atoms with E-state index in [0.29, 0.717) is 0 Å². The lowest BCUT2D eigenvalue weighted by molar-refractivity contribution is 0.607. The van der Waals surface area contributed by atoms with Crippen LogP contribution in [0.3, 0.4) is 0 Å². The fourth-order valence-corrected chi connectivity index (χ4v) is 3.14. The summed E-state index contributed by atoms with van der Waals surface area (Å²) in [5.41, 5.74) is 5.20. The van der Waals surface area contributed by atoms with Gasteiger partial charge in [0.1, 0.15) is 0 Å². The van der Waals surface area contributed by atoms with Crippen molar-refractivity contribution in [1.29, 1.82) is 0 Å². The maximum Gasteiger partial charge on any atom is 0.0423 e. The molecule has 2 atom stereocenters. The first kappa shape index (κ1) is 18.4. The third kappa shape index (κ3) is 6.25. The Labute approximate surface area is 146 Å². The lowest BCUT2D eigenvalue weighted by atomic mass is 10.0. The van der Waals surface area contributed by atoms with E-state index in [1.807, 2.05) is 4.44 Å². The summed E-state index contributed by atoms with van der Waals surface area (Å²) in [6, 6.07) is 17.7. The average Bonchev–Trinajstić information content (AvgIpc) is 2.58. The summed E-state index contributed by atoms with van der Waals surface area (Å²) >= 11 is 0. The minimum atomic E-state index is 1.17. The van der Waals surface area contributed by atoms with E-state index in [-0.39, 0.29) is 0 Å². The van der Waals surface area contributed by atoms with Crippen molar-refractivity contribution in [3.05, 3.63) is 54.1 Å². The molecule has 2 rings (SSSR count). The van der Waals surface area contributed by atoms with E-state index in [1.165, 1.54) is 67.3 Å². The Balaban J connectivity index is 1.84. The fraction of sp³-hybridized carbons (Fsp3) is 0.400. The van der Waals surface area contributed by atoms with Crippen LogP contribution in [0.15, 0.2) is 48.5 Å². The second kappa shape index (κ2) is 10.1. The Morgan fingerprint density at radius 1 is 0.696 bits per heavy atom. The van der Waals surface area contributed by atoms with Crippen molar-refractivity contribution in [3.63, 3.8) is 0 Å². The molecule has 0 saturated heterocycles.